The van der Waals surface area contributed by atoms with Gasteiger partial charge in [0.25, 0.3) is 5.91 Å². The predicted molar refractivity (Wildman–Crippen MR) is 106 cm³/mol. The number of carbonyl (C=O) groups is 1. The van der Waals surface area contributed by atoms with Crippen molar-refractivity contribution >= 4 is 5.91 Å². The van der Waals surface area contributed by atoms with E-state index in [1.54, 1.807) is 0 Å². The van der Waals surface area contributed by atoms with Gasteiger partial charge in [-0.3, -0.25) is 9.63 Å². The number of hydroxylamine groups is 2. The number of nitrogens with zero attached hydrogens (tertiary/aromatic N) is 1. The SMILES string of the molecule is O=C(NC[C@@H]1CCCN1)c1cccc(-c2cccc(CN3CCCO3)c2)c1. The third kappa shape index (κ3) is 4.75. The van der Waals surface area contributed by atoms with Gasteiger partial charge in [-0.25, -0.2) is 0 Å². The molecule has 5 heteroatoms. The molecular formula is C22H27N3O2. The van der Waals surface area contributed by atoms with Crippen LogP contribution in [0.4, 0.5) is 0 Å². The first-order chi connectivity index (χ1) is 13.3. The van der Waals surface area contributed by atoms with Crippen LogP contribution in [0.5, 0.6) is 0 Å². The summed E-state index contributed by atoms with van der Waals surface area (Å²) in [5.74, 6) is -0.00725. The van der Waals surface area contributed by atoms with Crippen LogP contribution in [-0.2, 0) is 11.4 Å². The van der Waals surface area contributed by atoms with Crippen LogP contribution in [0, 0.1) is 0 Å². The molecule has 1 amide bonds. The van der Waals surface area contributed by atoms with Gasteiger partial charge in [0, 0.05) is 31.2 Å². The van der Waals surface area contributed by atoms with E-state index in [0.717, 1.165) is 50.2 Å². The van der Waals surface area contributed by atoms with Gasteiger partial charge >= 0.3 is 0 Å². The van der Waals surface area contributed by atoms with Gasteiger partial charge in [-0.2, -0.15) is 5.06 Å². The maximum Gasteiger partial charge on any atom is 0.251 e. The van der Waals surface area contributed by atoms with E-state index in [1.165, 1.54) is 12.0 Å². The van der Waals surface area contributed by atoms with E-state index in [2.05, 4.69) is 41.0 Å². The molecular weight excluding hydrogens is 338 g/mol. The number of carbonyl (C=O) groups excluding carboxylic acids is 1. The second kappa shape index (κ2) is 8.65. The van der Waals surface area contributed by atoms with Gasteiger partial charge in [-0.15, -0.1) is 0 Å². The molecule has 1 atom stereocenters. The minimum atomic E-state index is -0.00725. The topological polar surface area (TPSA) is 53.6 Å². The first-order valence-electron chi connectivity index (χ1n) is 9.87. The molecule has 2 aliphatic heterocycles. The van der Waals surface area contributed by atoms with Gasteiger partial charge in [-0.05, 0) is 60.7 Å². The van der Waals surface area contributed by atoms with Gasteiger partial charge in [-0.1, -0.05) is 30.3 Å². The number of benzene rings is 2. The number of nitrogens with one attached hydrogen (secondary N) is 2. The summed E-state index contributed by atoms with van der Waals surface area (Å²) in [4.78, 5) is 18.1. The van der Waals surface area contributed by atoms with E-state index in [4.69, 9.17) is 4.84 Å². The summed E-state index contributed by atoms with van der Waals surface area (Å²) >= 11 is 0. The molecule has 0 aliphatic carbocycles. The van der Waals surface area contributed by atoms with E-state index in [1.807, 2.05) is 23.3 Å². The zero-order chi connectivity index (χ0) is 18.5. The summed E-state index contributed by atoms with van der Waals surface area (Å²) in [6, 6.07) is 16.7. The van der Waals surface area contributed by atoms with Gasteiger partial charge < -0.3 is 10.6 Å². The summed E-state index contributed by atoms with van der Waals surface area (Å²) in [7, 11) is 0. The molecule has 0 spiro atoms. The molecule has 2 aromatic rings. The van der Waals surface area contributed by atoms with Crippen molar-refractivity contribution in [2.75, 3.05) is 26.2 Å². The fourth-order valence-electron chi connectivity index (χ4n) is 3.77. The summed E-state index contributed by atoms with van der Waals surface area (Å²) < 4.78 is 0. The fraction of sp³-hybridized carbons (Fsp3) is 0.409. The molecule has 27 heavy (non-hydrogen) atoms. The highest BCUT2D eigenvalue weighted by Gasteiger charge is 2.16. The average Bonchev–Trinajstić information content (AvgIpc) is 3.40. The molecule has 2 N–H and O–H groups in total. The van der Waals surface area contributed by atoms with Crippen LogP contribution in [0.2, 0.25) is 0 Å². The Bertz CT molecular complexity index is 781. The third-order valence-corrected chi connectivity index (χ3v) is 5.24. The van der Waals surface area contributed by atoms with E-state index in [0.29, 0.717) is 18.2 Å². The van der Waals surface area contributed by atoms with Crippen LogP contribution in [0.15, 0.2) is 48.5 Å². The van der Waals surface area contributed by atoms with Crippen LogP contribution in [0.3, 0.4) is 0 Å². The molecule has 142 valence electrons. The lowest BCUT2D eigenvalue weighted by Crippen LogP contribution is -2.37. The lowest BCUT2D eigenvalue weighted by Gasteiger charge is -2.14. The Morgan fingerprint density at radius 3 is 2.78 bits per heavy atom. The van der Waals surface area contributed by atoms with Crippen molar-refractivity contribution in [1.29, 1.82) is 0 Å². The van der Waals surface area contributed by atoms with Crippen LogP contribution in [-0.4, -0.2) is 43.3 Å². The van der Waals surface area contributed by atoms with Crippen molar-refractivity contribution in [2.45, 2.75) is 31.8 Å². The first kappa shape index (κ1) is 18.2. The number of hydrogen-bond donors (Lipinski definition) is 2. The lowest BCUT2D eigenvalue weighted by molar-refractivity contribution is -0.117. The Labute approximate surface area is 160 Å². The zero-order valence-electron chi connectivity index (χ0n) is 15.6. The molecule has 4 rings (SSSR count). The Hall–Kier alpha value is -2.21. The molecule has 0 bridgehead atoms. The summed E-state index contributed by atoms with van der Waals surface area (Å²) in [6.45, 7) is 4.33. The molecule has 5 nitrogen and oxygen atoms in total. The van der Waals surface area contributed by atoms with Gasteiger partial charge in [0.05, 0.1) is 6.61 Å². The van der Waals surface area contributed by atoms with Gasteiger partial charge in [0.15, 0.2) is 0 Å². The highest BCUT2D eigenvalue weighted by molar-refractivity contribution is 5.95. The molecule has 2 heterocycles. The molecule has 2 aromatic carbocycles. The van der Waals surface area contributed by atoms with Gasteiger partial charge in [0.2, 0.25) is 0 Å². The second-order valence-electron chi connectivity index (χ2n) is 7.33. The standard InChI is InChI=1S/C22H27N3O2/c26-22(24-15-21-9-3-10-23-21)20-8-2-7-19(14-20)18-6-1-5-17(13-18)16-25-11-4-12-27-25/h1-2,5-8,13-14,21,23H,3-4,9-12,15-16H2,(H,24,26)/t21-/m0/s1. The molecule has 0 aromatic heterocycles. The Morgan fingerprint density at radius 2 is 2.00 bits per heavy atom. The Balaban J connectivity index is 1.44. The van der Waals surface area contributed by atoms with Crippen molar-refractivity contribution in [3.05, 3.63) is 59.7 Å². The maximum absolute atomic E-state index is 12.5. The number of hydrogen-bond acceptors (Lipinski definition) is 4. The smallest absolute Gasteiger partial charge is 0.251 e. The summed E-state index contributed by atoms with van der Waals surface area (Å²) in [5.41, 5.74) is 4.11. The first-order valence-corrected chi connectivity index (χ1v) is 9.87. The Kier molecular flexibility index (Phi) is 5.82. The lowest BCUT2D eigenvalue weighted by atomic mass is 10.0. The van der Waals surface area contributed by atoms with E-state index in [-0.39, 0.29) is 5.91 Å². The predicted octanol–water partition coefficient (Wildman–Crippen LogP) is 2.97. The van der Waals surface area contributed by atoms with Gasteiger partial charge in [0.1, 0.15) is 0 Å². The second-order valence-corrected chi connectivity index (χ2v) is 7.33. The molecule has 2 aliphatic rings. The maximum atomic E-state index is 12.5. The molecule has 0 saturated carbocycles. The minimum absolute atomic E-state index is 0.00725. The minimum Gasteiger partial charge on any atom is -0.350 e. The van der Waals surface area contributed by atoms with E-state index in [9.17, 15) is 4.79 Å². The molecule has 0 radical (unpaired) electrons. The van der Waals surface area contributed by atoms with Crippen molar-refractivity contribution in [3.63, 3.8) is 0 Å². The van der Waals surface area contributed by atoms with Crippen molar-refractivity contribution < 1.29 is 9.63 Å². The molecule has 2 fully saturated rings. The third-order valence-electron chi connectivity index (χ3n) is 5.24. The normalized spacial score (nSPS) is 20.1. The van der Waals surface area contributed by atoms with Crippen molar-refractivity contribution in [2.24, 2.45) is 0 Å². The quantitative estimate of drug-likeness (QED) is 0.826. The van der Waals surface area contributed by atoms with Crippen LogP contribution >= 0.6 is 0 Å². The van der Waals surface area contributed by atoms with Crippen molar-refractivity contribution in [3.8, 4) is 11.1 Å². The van der Waals surface area contributed by atoms with Crippen LogP contribution in [0.1, 0.15) is 35.2 Å². The summed E-state index contributed by atoms with van der Waals surface area (Å²) in [5, 5.41) is 8.48. The van der Waals surface area contributed by atoms with Crippen LogP contribution < -0.4 is 10.6 Å². The highest BCUT2D eigenvalue weighted by atomic mass is 16.7. The monoisotopic (exact) mass is 365 g/mol. The summed E-state index contributed by atoms with van der Waals surface area (Å²) in [6.07, 6.45) is 3.41. The van der Waals surface area contributed by atoms with E-state index < -0.39 is 0 Å². The van der Waals surface area contributed by atoms with Crippen LogP contribution in [0.25, 0.3) is 11.1 Å². The highest BCUT2D eigenvalue weighted by Crippen LogP contribution is 2.23. The average molecular weight is 365 g/mol. The zero-order valence-corrected chi connectivity index (χ0v) is 15.6. The van der Waals surface area contributed by atoms with Crippen molar-refractivity contribution in [1.82, 2.24) is 15.7 Å². The Morgan fingerprint density at radius 1 is 1.15 bits per heavy atom. The fourth-order valence-corrected chi connectivity index (χ4v) is 3.77. The molecule has 2 saturated heterocycles. The van der Waals surface area contributed by atoms with E-state index >= 15 is 0 Å². The number of rotatable bonds is 6. The largest absolute Gasteiger partial charge is 0.350 e. The number of amides is 1. The molecule has 0 unspecified atom stereocenters.